The van der Waals surface area contributed by atoms with Crippen molar-refractivity contribution in [2.24, 2.45) is 0 Å². The monoisotopic (exact) mass is 351 g/mol. The van der Waals surface area contributed by atoms with Gasteiger partial charge in [-0.2, -0.15) is 8.78 Å². The fourth-order valence-electron chi connectivity index (χ4n) is 2.06. The molecule has 5 nitrogen and oxygen atoms in total. The lowest BCUT2D eigenvalue weighted by Gasteiger charge is -2.09. The first kappa shape index (κ1) is 18.5. The zero-order valence-corrected chi connectivity index (χ0v) is 13.7. The van der Waals surface area contributed by atoms with Crippen LogP contribution in [0.4, 0.5) is 8.78 Å². The van der Waals surface area contributed by atoms with Gasteiger partial charge in [-0.15, -0.1) is 0 Å². The Morgan fingerprint density at radius 3 is 2.20 bits per heavy atom. The number of hydrogen-bond acceptors (Lipinski definition) is 4. The summed E-state index contributed by atoms with van der Waals surface area (Å²) in [7, 11) is 1.57. The molecule has 0 aliphatic rings. The van der Waals surface area contributed by atoms with Gasteiger partial charge in [0.25, 0.3) is 5.91 Å². The molecule has 2 rings (SSSR count). The van der Waals surface area contributed by atoms with Gasteiger partial charge in [0.2, 0.25) is 0 Å². The molecule has 0 aliphatic carbocycles. The average molecular weight is 351 g/mol. The number of carbonyl (C=O) groups is 1. The van der Waals surface area contributed by atoms with E-state index >= 15 is 0 Å². The first-order valence-electron chi connectivity index (χ1n) is 7.64. The Morgan fingerprint density at radius 2 is 1.60 bits per heavy atom. The smallest absolute Gasteiger partial charge is 0.387 e. The molecule has 0 atom stereocenters. The highest BCUT2D eigenvalue weighted by molar-refractivity contribution is 5.77. The largest absolute Gasteiger partial charge is 0.497 e. The van der Waals surface area contributed by atoms with Crippen LogP contribution in [0.3, 0.4) is 0 Å². The summed E-state index contributed by atoms with van der Waals surface area (Å²) < 4.78 is 38.8. The van der Waals surface area contributed by atoms with E-state index in [4.69, 9.17) is 9.47 Å². The number of methoxy groups -OCH3 is 1. The molecule has 1 amide bonds. The quantitative estimate of drug-likeness (QED) is 0.754. The van der Waals surface area contributed by atoms with E-state index in [-0.39, 0.29) is 18.3 Å². The van der Waals surface area contributed by atoms with Gasteiger partial charge in [-0.1, -0.05) is 12.1 Å². The molecular weight excluding hydrogens is 332 g/mol. The molecule has 0 aliphatic heterocycles. The van der Waals surface area contributed by atoms with Crippen molar-refractivity contribution < 1.29 is 27.8 Å². The fourth-order valence-corrected chi connectivity index (χ4v) is 2.06. The molecule has 0 aromatic heterocycles. The van der Waals surface area contributed by atoms with Crippen molar-refractivity contribution in [1.29, 1.82) is 0 Å². The number of amides is 1. The first-order valence-corrected chi connectivity index (χ1v) is 7.64. The summed E-state index contributed by atoms with van der Waals surface area (Å²) in [5.41, 5.74) is 0.901. The van der Waals surface area contributed by atoms with Crippen molar-refractivity contribution in [2.75, 3.05) is 20.3 Å². The zero-order valence-electron chi connectivity index (χ0n) is 13.7. The fraction of sp³-hybridized carbons (Fsp3) is 0.278. The van der Waals surface area contributed by atoms with Crippen LogP contribution in [0.2, 0.25) is 0 Å². The van der Waals surface area contributed by atoms with Crippen LogP contribution in [0.25, 0.3) is 0 Å². The second kappa shape index (κ2) is 9.46. The third-order valence-corrected chi connectivity index (χ3v) is 3.31. The lowest BCUT2D eigenvalue weighted by atomic mass is 10.1. The second-order valence-electron chi connectivity index (χ2n) is 5.09. The van der Waals surface area contributed by atoms with Crippen LogP contribution in [0.1, 0.15) is 5.56 Å². The van der Waals surface area contributed by atoms with E-state index < -0.39 is 6.61 Å². The molecule has 0 unspecified atom stereocenters. The van der Waals surface area contributed by atoms with Crippen molar-refractivity contribution in [2.45, 2.75) is 13.0 Å². The number of carbonyl (C=O) groups excluding carboxylic acids is 1. The summed E-state index contributed by atoms with van der Waals surface area (Å²) in [4.78, 5) is 11.7. The summed E-state index contributed by atoms with van der Waals surface area (Å²) in [5.74, 6) is 1.15. The predicted octanol–water partition coefficient (Wildman–Crippen LogP) is 3.03. The Kier molecular flexibility index (Phi) is 7.00. The summed E-state index contributed by atoms with van der Waals surface area (Å²) in [6.45, 7) is -2.51. The normalized spacial score (nSPS) is 10.4. The maximum Gasteiger partial charge on any atom is 0.387 e. The number of ether oxygens (including phenoxy) is 3. The van der Waals surface area contributed by atoms with Gasteiger partial charge in [-0.05, 0) is 48.4 Å². The number of rotatable bonds is 9. The Morgan fingerprint density at radius 1 is 1.00 bits per heavy atom. The van der Waals surface area contributed by atoms with E-state index in [0.717, 1.165) is 5.56 Å². The van der Waals surface area contributed by atoms with Gasteiger partial charge in [0, 0.05) is 6.54 Å². The number of alkyl halides is 2. The minimum absolute atomic E-state index is 0.0898. The van der Waals surface area contributed by atoms with Crippen molar-refractivity contribution in [3.63, 3.8) is 0 Å². The third-order valence-electron chi connectivity index (χ3n) is 3.31. The number of nitrogens with one attached hydrogen (secondary N) is 1. The molecule has 0 saturated heterocycles. The van der Waals surface area contributed by atoms with Crippen LogP contribution in [-0.4, -0.2) is 32.8 Å². The van der Waals surface area contributed by atoms with E-state index in [1.807, 2.05) is 0 Å². The molecule has 0 bridgehead atoms. The van der Waals surface area contributed by atoms with Crippen LogP contribution in [0.5, 0.6) is 17.2 Å². The molecular formula is C18H19F2NO4. The maximum absolute atomic E-state index is 12.1. The van der Waals surface area contributed by atoms with E-state index in [2.05, 4.69) is 10.1 Å². The Labute approximate surface area is 144 Å². The van der Waals surface area contributed by atoms with Gasteiger partial charge in [0.1, 0.15) is 17.2 Å². The third kappa shape index (κ3) is 6.66. The van der Waals surface area contributed by atoms with Gasteiger partial charge in [0.15, 0.2) is 6.61 Å². The van der Waals surface area contributed by atoms with Crippen LogP contribution in [0, 0.1) is 0 Å². The predicted molar refractivity (Wildman–Crippen MR) is 88.3 cm³/mol. The van der Waals surface area contributed by atoms with Gasteiger partial charge < -0.3 is 19.5 Å². The minimum atomic E-state index is -2.84. The van der Waals surface area contributed by atoms with E-state index in [0.29, 0.717) is 24.5 Å². The summed E-state index contributed by atoms with van der Waals surface area (Å²) >= 11 is 0. The summed E-state index contributed by atoms with van der Waals surface area (Å²) in [5, 5.41) is 2.73. The van der Waals surface area contributed by atoms with E-state index in [1.54, 1.807) is 43.5 Å². The van der Waals surface area contributed by atoms with Crippen molar-refractivity contribution in [1.82, 2.24) is 5.32 Å². The van der Waals surface area contributed by atoms with Crippen LogP contribution in [0.15, 0.2) is 48.5 Å². The van der Waals surface area contributed by atoms with E-state index in [1.165, 1.54) is 12.1 Å². The molecule has 0 spiro atoms. The zero-order chi connectivity index (χ0) is 18.1. The van der Waals surface area contributed by atoms with Gasteiger partial charge in [0.05, 0.1) is 7.11 Å². The topological polar surface area (TPSA) is 56.8 Å². The maximum atomic E-state index is 12.1. The molecule has 1 N–H and O–H groups in total. The van der Waals surface area contributed by atoms with Crippen LogP contribution >= 0.6 is 0 Å². The minimum Gasteiger partial charge on any atom is -0.497 e. The number of benzene rings is 2. The van der Waals surface area contributed by atoms with Crippen molar-refractivity contribution in [3.8, 4) is 17.2 Å². The average Bonchev–Trinajstić information content (AvgIpc) is 2.61. The standard InChI is InChI=1S/C18H19F2NO4/c1-23-14-6-8-15(9-7-14)24-12-17(22)21-11-10-13-2-4-16(5-3-13)25-18(19)20/h2-9,18H,10-12H2,1H3,(H,21,22). The molecule has 0 fully saturated rings. The SMILES string of the molecule is COc1ccc(OCC(=O)NCCc2ccc(OC(F)F)cc2)cc1. The molecule has 2 aromatic carbocycles. The summed E-state index contributed by atoms with van der Waals surface area (Å²) in [6.07, 6.45) is 0.573. The highest BCUT2D eigenvalue weighted by atomic mass is 19.3. The van der Waals surface area contributed by atoms with Gasteiger partial charge in [-0.3, -0.25) is 4.79 Å². The lowest BCUT2D eigenvalue weighted by Crippen LogP contribution is -2.30. The molecule has 2 aromatic rings. The van der Waals surface area contributed by atoms with Crippen molar-refractivity contribution in [3.05, 3.63) is 54.1 Å². The van der Waals surface area contributed by atoms with E-state index in [9.17, 15) is 13.6 Å². The van der Waals surface area contributed by atoms with Crippen LogP contribution in [-0.2, 0) is 11.2 Å². The molecule has 25 heavy (non-hydrogen) atoms. The van der Waals surface area contributed by atoms with Crippen molar-refractivity contribution >= 4 is 5.91 Å². The van der Waals surface area contributed by atoms with Gasteiger partial charge in [-0.25, -0.2) is 0 Å². The molecule has 0 saturated carbocycles. The second-order valence-corrected chi connectivity index (χ2v) is 5.09. The highest BCUT2D eigenvalue weighted by Gasteiger charge is 2.05. The Hall–Kier alpha value is -2.83. The number of hydrogen-bond donors (Lipinski definition) is 1. The number of halogens is 2. The van der Waals surface area contributed by atoms with Gasteiger partial charge >= 0.3 is 6.61 Å². The molecule has 0 radical (unpaired) electrons. The summed E-state index contributed by atoms with van der Waals surface area (Å²) in [6, 6.07) is 13.2. The molecule has 7 heteroatoms. The Bertz CT molecular complexity index is 660. The van der Waals surface area contributed by atoms with Crippen LogP contribution < -0.4 is 19.5 Å². The Balaban J connectivity index is 1.67. The highest BCUT2D eigenvalue weighted by Crippen LogP contribution is 2.17. The molecule has 134 valence electrons. The molecule has 0 heterocycles. The first-order chi connectivity index (χ1) is 12.1. The lowest BCUT2D eigenvalue weighted by molar-refractivity contribution is -0.123.